The van der Waals surface area contributed by atoms with E-state index in [0.717, 1.165) is 55.4 Å². The number of thiophene rings is 1. The number of hydrogen-bond acceptors (Lipinski definition) is 10. The Morgan fingerprint density at radius 1 is 1.15 bits per heavy atom. The molecule has 0 amide bonds. The number of benzene rings is 1. The minimum absolute atomic E-state index is 0.0837. The van der Waals surface area contributed by atoms with Gasteiger partial charge in [0.15, 0.2) is 11.6 Å². The average molecular weight is 550 g/mol. The Kier molecular flexibility index (Phi) is 5.85. The number of aromatic nitrogens is 3. The van der Waals surface area contributed by atoms with Crippen molar-refractivity contribution in [1.29, 1.82) is 5.26 Å². The maximum atomic E-state index is 16.6. The van der Waals surface area contributed by atoms with Crippen LogP contribution in [-0.2, 0) is 18.0 Å². The number of likely N-dealkylation sites (tertiary alicyclic amines) is 1. The van der Waals surface area contributed by atoms with Crippen LogP contribution >= 0.6 is 11.3 Å². The SMILES string of the molecule is N#Cc1c(N)sc2c(F)cnc(-c3c4c(c5cnc(N6CCC7C6CCCN7CCO)nc5c3F)COC4)c12. The van der Waals surface area contributed by atoms with E-state index in [0.29, 0.717) is 29.5 Å². The molecule has 2 saturated heterocycles. The quantitative estimate of drug-likeness (QED) is 0.392. The third-order valence-corrected chi connectivity index (χ3v) is 9.33. The summed E-state index contributed by atoms with van der Waals surface area (Å²) in [7, 11) is 0. The number of halogens is 2. The standard InChI is InChI=1S/C27H25F2N7O2S/c28-17-10-32-24(21-13(8-30)26(31)39-25(17)21)20-16-12-38-11-15(16)14-9-33-27(34-23(14)22(20)29)36-5-3-18-19(36)2-1-4-35(18)6-7-37/h9-10,18-19,37H,1-7,11-12,31H2. The molecule has 1 aromatic carbocycles. The summed E-state index contributed by atoms with van der Waals surface area (Å²) in [4.78, 5) is 18.2. The lowest BCUT2D eigenvalue weighted by atomic mass is 9.94. The third kappa shape index (κ3) is 3.61. The monoisotopic (exact) mass is 549 g/mol. The molecule has 3 aliphatic rings. The van der Waals surface area contributed by atoms with Crippen LogP contribution in [0.2, 0.25) is 0 Å². The van der Waals surface area contributed by atoms with Crippen molar-refractivity contribution < 1.29 is 18.6 Å². The lowest BCUT2D eigenvalue weighted by molar-refractivity contribution is 0.114. The van der Waals surface area contributed by atoms with Crippen molar-refractivity contribution in [3.63, 3.8) is 0 Å². The molecule has 7 rings (SSSR count). The van der Waals surface area contributed by atoms with Crippen LogP contribution in [0.15, 0.2) is 12.4 Å². The first-order valence-electron chi connectivity index (χ1n) is 13.0. The first kappa shape index (κ1) is 24.5. The Bertz CT molecular complexity index is 1690. The predicted molar refractivity (Wildman–Crippen MR) is 143 cm³/mol. The molecule has 200 valence electrons. The van der Waals surface area contributed by atoms with Gasteiger partial charge in [0, 0.05) is 47.7 Å². The Labute approximate surface area is 226 Å². The molecule has 4 aromatic rings. The van der Waals surface area contributed by atoms with E-state index in [2.05, 4.69) is 19.8 Å². The second kappa shape index (κ2) is 9.31. The molecule has 3 N–H and O–H groups in total. The van der Waals surface area contributed by atoms with E-state index >= 15 is 4.39 Å². The smallest absolute Gasteiger partial charge is 0.226 e. The van der Waals surface area contributed by atoms with Gasteiger partial charge in [-0.05, 0) is 36.9 Å². The zero-order valence-electron chi connectivity index (χ0n) is 21.0. The number of aliphatic hydroxyl groups is 1. The zero-order chi connectivity index (χ0) is 26.8. The van der Waals surface area contributed by atoms with E-state index in [1.54, 1.807) is 6.20 Å². The van der Waals surface area contributed by atoms with Crippen molar-refractivity contribution in [3.8, 4) is 17.3 Å². The number of nitrogens with two attached hydrogens (primary N) is 1. The fourth-order valence-corrected chi connectivity index (χ4v) is 7.53. The Hall–Kier alpha value is -3.50. The van der Waals surface area contributed by atoms with E-state index in [1.807, 2.05) is 6.07 Å². The van der Waals surface area contributed by atoms with Gasteiger partial charge in [-0.15, -0.1) is 11.3 Å². The average Bonchev–Trinajstić information content (AvgIpc) is 3.67. The van der Waals surface area contributed by atoms with Crippen LogP contribution in [0.3, 0.4) is 0 Å². The van der Waals surface area contributed by atoms with Gasteiger partial charge >= 0.3 is 0 Å². The van der Waals surface area contributed by atoms with Crippen molar-refractivity contribution in [2.45, 2.75) is 44.6 Å². The maximum Gasteiger partial charge on any atom is 0.226 e. The molecular formula is C27H25F2N7O2S. The number of aliphatic hydroxyl groups excluding tert-OH is 1. The second-order valence-corrected chi connectivity index (χ2v) is 11.3. The fraction of sp³-hybridized carbons (Fsp3) is 0.407. The normalized spacial score (nSPS) is 21.0. The van der Waals surface area contributed by atoms with E-state index in [-0.39, 0.29) is 63.3 Å². The molecule has 9 nitrogen and oxygen atoms in total. The van der Waals surface area contributed by atoms with E-state index < -0.39 is 11.6 Å². The molecule has 12 heteroatoms. The highest BCUT2D eigenvalue weighted by Gasteiger charge is 2.41. The van der Waals surface area contributed by atoms with E-state index in [9.17, 15) is 14.8 Å². The number of fused-ring (bicyclic) bond motifs is 5. The number of anilines is 2. The number of β-amino-alcohol motifs (C(OH)–C–C–N with tert-alkyl or cyclic N) is 1. The molecule has 2 unspecified atom stereocenters. The van der Waals surface area contributed by atoms with Crippen molar-refractivity contribution >= 4 is 43.3 Å². The number of nitrogens with zero attached hydrogens (tertiary/aromatic N) is 6. The molecule has 0 bridgehead atoms. The summed E-state index contributed by atoms with van der Waals surface area (Å²) in [6, 6.07) is 2.52. The predicted octanol–water partition coefficient (Wildman–Crippen LogP) is 3.70. The number of ether oxygens (including phenoxy) is 1. The molecule has 2 fully saturated rings. The van der Waals surface area contributed by atoms with Crippen LogP contribution < -0.4 is 10.6 Å². The number of pyridine rings is 1. The molecule has 0 aliphatic carbocycles. The molecule has 39 heavy (non-hydrogen) atoms. The van der Waals surface area contributed by atoms with Gasteiger partial charge in [-0.2, -0.15) is 5.26 Å². The van der Waals surface area contributed by atoms with Crippen LogP contribution in [-0.4, -0.2) is 63.3 Å². The molecule has 0 saturated carbocycles. The molecule has 3 aromatic heterocycles. The largest absolute Gasteiger partial charge is 0.395 e. The molecule has 3 aliphatic heterocycles. The van der Waals surface area contributed by atoms with Crippen LogP contribution in [0, 0.1) is 23.0 Å². The van der Waals surface area contributed by atoms with Gasteiger partial charge in [-0.3, -0.25) is 9.88 Å². The van der Waals surface area contributed by atoms with Gasteiger partial charge < -0.3 is 20.5 Å². The number of nitrogen functional groups attached to an aromatic ring is 1. The highest BCUT2D eigenvalue weighted by Crippen LogP contribution is 2.45. The Morgan fingerprint density at radius 2 is 2.00 bits per heavy atom. The minimum Gasteiger partial charge on any atom is -0.395 e. The van der Waals surface area contributed by atoms with Crippen molar-refractivity contribution in [2.75, 3.05) is 36.9 Å². The fourth-order valence-electron chi connectivity index (χ4n) is 6.61. The number of piperidine rings is 1. The highest BCUT2D eigenvalue weighted by molar-refractivity contribution is 7.23. The van der Waals surface area contributed by atoms with Crippen LogP contribution in [0.25, 0.3) is 32.2 Å². The lowest BCUT2D eigenvalue weighted by Crippen LogP contribution is -2.50. The van der Waals surface area contributed by atoms with E-state index in [4.69, 9.17) is 15.5 Å². The molecule has 6 heterocycles. The maximum absolute atomic E-state index is 16.6. The minimum atomic E-state index is -0.614. The van der Waals surface area contributed by atoms with Crippen LogP contribution in [0.4, 0.5) is 19.7 Å². The van der Waals surface area contributed by atoms with Crippen LogP contribution in [0.1, 0.15) is 36.0 Å². The number of hydrogen-bond donors (Lipinski definition) is 2. The van der Waals surface area contributed by atoms with Gasteiger partial charge in [-0.1, -0.05) is 0 Å². The van der Waals surface area contributed by atoms with Gasteiger partial charge in [-0.25, -0.2) is 18.7 Å². The molecule has 2 atom stereocenters. The topological polar surface area (TPSA) is 124 Å². The third-order valence-electron chi connectivity index (χ3n) is 8.30. The summed E-state index contributed by atoms with van der Waals surface area (Å²) in [5, 5.41) is 20.2. The summed E-state index contributed by atoms with van der Waals surface area (Å²) in [5.41, 5.74) is 7.94. The first-order valence-corrected chi connectivity index (χ1v) is 13.8. The molecular weight excluding hydrogens is 524 g/mol. The number of nitriles is 1. The molecule has 0 radical (unpaired) electrons. The van der Waals surface area contributed by atoms with Crippen LogP contribution in [0.5, 0.6) is 0 Å². The van der Waals surface area contributed by atoms with Gasteiger partial charge in [0.25, 0.3) is 0 Å². The van der Waals surface area contributed by atoms with Gasteiger partial charge in [0.1, 0.15) is 16.6 Å². The zero-order valence-corrected chi connectivity index (χ0v) is 21.8. The van der Waals surface area contributed by atoms with Crippen molar-refractivity contribution in [2.24, 2.45) is 0 Å². The summed E-state index contributed by atoms with van der Waals surface area (Å²) in [6.45, 7) is 2.85. The molecule has 0 spiro atoms. The number of rotatable bonds is 4. The Balaban J connectivity index is 1.41. The summed E-state index contributed by atoms with van der Waals surface area (Å²) >= 11 is 0.950. The summed E-state index contributed by atoms with van der Waals surface area (Å²) in [6.07, 6.45) is 5.61. The van der Waals surface area contributed by atoms with Crippen molar-refractivity contribution in [3.05, 3.63) is 40.7 Å². The lowest BCUT2D eigenvalue weighted by Gasteiger charge is -2.39. The first-order chi connectivity index (χ1) is 19.0. The second-order valence-electron chi connectivity index (χ2n) is 10.2. The summed E-state index contributed by atoms with van der Waals surface area (Å²) < 4.78 is 37.2. The highest BCUT2D eigenvalue weighted by atomic mass is 32.1. The summed E-state index contributed by atoms with van der Waals surface area (Å²) in [5.74, 6) is -0.760. The Morgan fingerprint density at radius 3 is 2.82 bits per heavy atom. The van der Waals surface area contributed by atoms with Crippen molar-refractivity contribution in [1.82, 2.24) is 19.9 Å². The van der Waals surface area contributed by atoms with E-state index in [1.165, 1.54) is 0 Å². The van der Waals surface area contributed by atoms with Gasteiger partial charge in [0.2, 0.25) is 5.95 Å². The van der Waals surface area contributed by atoms with Gasteiger partial charge in [0.05, 0.1) is 42.0 Å².